The lowest BCUT2D eigenvalue weighted by Crippen LogP contribution is -2.53. The van der Waals surface area contributed by atoms with Crippen molar-refractivity contribution in [3.8, 4) is 0 Å². The van der Waals surface area contributed by atoms with Gasteiger partial charge in [-0.25, -0.2) is 4.79 Å². The minimum Gasteiger partial charge on any atom is -0.444 e. The fraction of sp³-hybridized carbons (Fsp3) is 0.571. The number of benzene rings is 1. The Kier molecular flexibility index (Phi) is 4.46. The summed E-state index contributed by atoms with van der Waals surface area (Å²) in [5.41, 5.74) is 4.98. The molecule has 2 atom stereocenters. The van der Waals surface area contributed by atoms with E-state index >= 15 is 0 Å². The highest BCUT2D eigenvalue weighted by atomic mass is 16.6. The number of hydrogen-bond donors (Lipinski definition) is 0. The number of fused-ring (bicyclic) bond motifs is 2. The average Bonchev–Trinajstić information content (AvgIpc) is 2.44. The topological polar surface area (TPSA) is 29.5 Å². The molecule has 130 valence electrons. The molecule has 0 radical (unpaired) electrons. The van der Waals surface area contributed by atoms with Crippen LogP contribution in [0.3, 0.4) is 0 Å². The van der Waals surface area contributed by atoms with E-state index in [9.17, 15) is 4.79 Å². The number of carbonyl (C=O) groups excluding carboxylic acids is 1. The van der Waals surface area contributed by atoms with Crippen LogP contribution in [0.25, 0.3) is 5.57 Å². The Morgan fingerprint density at radius 1 is 1.17 bits per heavy atom. The van der Waals surface area contributed by atoms with Gasteiger partial charge in [0.15, 0.2) is 0 Å². The molecule has 3 rings (SSSR count). The molecule has 0 spiro atoms. The standard InChI is InChI=1S/C21H29NO2/c1-14-8-6-9-15(2)19(14)16-12-17-10-7-11-18(13-16)22(17)20(23)24-21(3,4)5/h6,8-9,12,17-18H,7,10-11,13H2,1-5H3. The SMILES string of the molecule is Cc1cccc(C)c1C1=CC2CCCC(C1)N2C(=O)OC(C)(C)C. The maximum Gasteiger partial charge on any atom is 0.411 e. The summed E-state index contributed by atoms with van der Waals surface area (Å²) in [7, 11) is 0. The van der Waals surface area contributed by atoms with Gasteiger partial charge < -0.3 is 4.74 Å². The maximum atomic E-state index is 12.7. The molecule has 3 nitrogen and oxygen atoms in total. The van der Waals surface area contributed by atoms with Gasteiger partial charge >= 0.3 is 6.09 Å². The zero-order valence-electron chi connectivity index (χ0n) is 15.6. The van der Waals surface area contributed by atoms with Gasteiger partial charge in [-0.3, -0.25) is 4.90 Å². The lowest BCUT2D eigenvalue weighted by atomic mass is 9.81. The van der Waals surface area contributed by atoms with Gasteiger partial charge in [0.05, 0.1) is 6.04 Å². The summed E-state index contributed by atoms with van der Waals surface area (Å²) in [5, 5.41) is 0. The second-order valence-corrected chi connectivity index (χ2v) is 8.20. The van der Waals surface area contributed by atoms with Gasteiger partial charge in [0.25, 0.3) is 0 Å². The van der Waals surface area contributed by atoms with Crippen molar-refractivity contribution in [3.05, 3.63) is 41.0 Å². The van der Waals surface area contributed by atoms with E-state index in [4.69, 9.17) is 4.74 Å². The van der Waals surface area contributed by atoms with E-state index in [2.05, 4.69) is 38.1 Å². The van der Waals surface area contributed by atoms with Gasteiger partial charge in [0.1, 0.15) is 5.60 Å². The smallest absolute Gasteiger partial charge is 0.411 e. The van der Waals surface area contributed by atoms with E-state index in [0.717, 1.165) is 19.3 Å². The monoisotopic (exact) mass is 327 g/mol. The fourth-order valence-corrected chi connectivity index (χ4v) is 4.14. The minimum absolute atomic E-state index is 0.158. The normalized spacial score (nSPS) is 23.7. The van der Waals surface area contributed by atoms with Gasteiger partial charge in [-0.15, -0.1) is 0 Å². The van der Waals surface area contributed by atoms with Crippen LogP contribution >= 0.6 is 0 Å². The number of hydrogen-bond acceptors (Lipinski definition) is 2. The van der Waals surface area contributed by atoms with Crippen molar-refractivity contribution in [1.29, 1.82) is 0 Å². The van der Waals surface area contributed by atoms with Crippen LogP contribution in [0.15, 0.2) is 24.3 Å². The number of carbonyl (C=O) groups is 1. The zero-order valence-corrected chi connectivity index (χ0v) is 15.6. The Hall–Kier alpha value is -1.77. The third kappa shape index (κ3) is 3.35. The first-order valence-electron chi connectivity index (χ1n) is 9.05. The van der Waals surface area contributed by atoms with Crippen LogP contribution in [0.5, 0.6) is 0 Å². The Labute approximate surface area is 145 Å². The molecule has 1 aromatic rings. The molecule has 2 aliphatic heterocycles. The molecule has 3 heteroatoms. The van der Waals surface area contributed by atoms with Crippen LogP contribution < -0.4 is 0 Å². The Morgan fingerprint density at radius 2 is 1.83 bits per heavy atom. The molecule has 2 bridgehead atoms. The second kappa shape index (κ2) is 6.27. The van der Waals surface area contributed by atoms with E-state index in [0.29, 0.717) is 0 Å². The van der Waals surface area contributed by atoms with Crippen molar-refractivity contribution in [2.45, 2.75) is 78.0 Å². The molecule has 2 unspecified atom stereocenters. The van der Waals surface area contributed by atoms with Crippen molar-refractivity contribution >= 4 is 11.7 Å². The van der Waals surface area contributed by atoms with Crippen LogP contribution in [0.1, 0.15) is 63.1 Å². The molecule has 0 saturated carbocycles. The third-order valence-corrected chi connectivity index (χ3v) is 5.04. The van der Waals surface area contributed by atoms with E-state index in [1.54, 1.807) is 0 Å². The van der Waals surface area contributed by atoms with Gasteiger partial charge in [-0.1, -0.05) is 24.3 Å². The molecule has 0 aliphatic carbocycles. The average molecular weight is 327 g/mol. The highest BCUT2D eigenvalue weighted by Gasteiger charge is 2.39. The van der Waals surface area contributed by atoms with Crippen molar-refractivity contribution in [1.82, 2.24) is 4.90 Å². The quantitative estimate of drug-likeness (QED) is 0.705. The maximum absolute atomic E-state index is 12.7. The summed E-state index contributed by atoms with van der Waals surface area (Å²) in [5.74, 6) is 0. The van der Waals surface area contributed by atoms with Gasteiger partial charge in [-0.05, 0) is 82.6 Å². The van der Waals surface area contributed by atoms with Crippen molar-refractivity contribution in [2.24, 2.45) is 0 Å². The molecule has 1 amide bonds. The molecule has 1 aromatic carbocycles. The van der Waals surface area contributed by atoms with E-state index < -0.39 is 5.60 Å². The van der Waals surface area contributed by atoms with Crippen molar-refractivity contribution < 1.29 is 9.53 Å². The Morgan fingerprint density at radius 3 is 2.42 bits per heavy atom. The lowest BCUT2D eigenvalue weighted by Gasteiger charge is -2.45. The van der Waals surface area contributed by atoms with Crippen molar-refractivity contribution in [2.75, 3.05) is 0 Å². The van der Waals surface area contributed by atoms with Gasteiger partial charge in [0.2, 0.25) is 0 Å². The van der Waals surface area contributed by atoms with Crippen LogP contribution in [0.4, 0.5) is 4.79 Å². The Bertz CT molecular complexity index is 649. The molecular formula is C21H29NO2. The Balaban J connectivity index is 1.92. The number of nitrogens with zero attached hydrogens (tertiary/aromatic N) is 1. The van der Waals surface area contributed by atoms with Crippen LogP contribution in [0, 0.1) is 13.8 Å². The largest absolute Gasteiger partial charge is 0.444 e. The number of amides is 1. The molecular weight excluding hydrogens is 298 g/mol. The summed E-state index contributed by atoms with van der Waals surface area (Å²) in [6.45, 7) is 10.2. The zero-order chi connectivity index (χ0) is 17.5. The molecule has 2 heterocycles. The highest BCUT2D eigenvalue weighted by Crippen LogP contribution is 2.39. The third-order valence-electron chi connectivity index (χ3n) is 5.04. The highest BCUT2D eigenvalue weighted by molar-refractivity contribution is 5.76. The van der Waals surface area contributed by atoms with E-state index in [1.165, 1.54) is 28.7 Å². The van der Waals surface area contributed by atoms with Gasteiger partial charge in [0, 0.05) is 6.04 Å². The second-order valence-electron chi connectivity index (χ2n) is 8.20. The first kappa shape index (κ1) is 17.1. The minimum atomic E-state index is -0.442. The first-order valence-corrected chi connectivity index (χ1v) is 9.05. The number of aryl methyl sites for hydroxylation is 2. The summed E-state index contributed by atoms with van der Waals surface area (Å²) < 4.78 is 5.66. The first-order chi connectivity index (χ1) is 11.3. The summed E-state index contributed by atoms with van der Waals surface area (Å²) in [6, 6.07) is 6.91. The predicted octanol–water partition coefficient (Wildman–Crippen LogP) is 5.25. The fourth-order valence-electron chi connectivity index (χ4n) is 4.14. The van der Waals surface area contributed by atoms with E-state index in [1.807, 2.05) is 25.7 Å². The van der Waals surface area contributed by atoms with Gasteiger partial charge in [-0.2, -0.15) is 0 Å². The number of rotatable bonds is 1. The molecule has 0 N–H and O–H groups in total. The molecule has 2 aliphatic rings. The van der Waals surface area contributed by atoms with Crippen molar-refractivity contribution in [3.63, 3.8) is 0 Å². The predicted molar refractivity (Wildman–Crippen MR) is 98.0 cm³/mol. The molecule has 1 saturated heterocycles. The summed E-state index contributed by atoms with van der Waals surface area (Å²) in [4.78, 5) is 14.7. The number of ether oxygens (including phenoxy) is 1. The lowest BCUT2D eigenvalue weighted by molar-refractivity contribution is 0.0000860. The summed E-state index contributed by atoms with van der Waals surface area (Å²) in [6.07, 6.45) is 6.37. The molecule has 0 aromatic heterocycles. The van der Waals surface area contributed by atoms with Crippen LogP contribution in [-0.2, 0) is 4.74 Å². The van der Waals surface area contributed by atoms with Crippen LogP contribution in [-0.4, -0.2) is 28.7 Å². The molecule has 24 heavy (non-hydrogen) atoms. The van der Waals surface area contributed by atoms with E-state index in [-0.39, 0.29) is 18.2 Å². The van der Waals surface area contributed by atoms with Crippen LogP contribution in [0.2, 0.25) is 0 Å². The number of piperidine rings is 1. The molecule has 1 fully saturated rings. The summed E-state index contributed by atoms with van der Waals surface area (Å²) >= 11 is 0.